The van der Waals surface area contributed by atoms with Crippen LogP contribution in [0.4, 0.5) is 0 Å². The number of benzene rings is 6. The smallest absolute Gasteiger partial charge is 0.0500 e. The van der Waals surface area contributed by atoms with Crippen molar-refractivity contribution in [2.75, 3.05) is 0 Å². The fraction of sp³-hybridized carbons (Fsp3) is 0.0476. The number of thioether (sulfide) groups is 1. The highest BCUT2D eigenvalue weighted by atomic mass is 32.2. The maximum Gasteiger partial charge on any atom is 0.0500 e. The molecule has 6 aromatic carbocycles. The van der Waals surface area contributed by atoms with Crippen molar-refractivity contribution in [2.45, 2.75) is 16.1 Å². The second-order valence-corrected chi connectivity index (χ2v) is 13.9. The van der Waals surface area contributed by atoms with Crippen LogP contribution in [0.1, 0.15) is 17.0 Å². The van der Waals surface area contributed by atoms with E-state index in [4.69, 9.17) is 0 Å². The fourth-order valence-corrected chi connectivity index (χ4v) is 9.62. The topological polar surface area (TPSA) is 0 Å². The van der Waals surface area contributed by atoms with Gasteiger partial charge in [-0.3, -0.25) is 0 Å². The molecule has 0 radical (unpaired) electrons. The molecule has 1 aromatic heterocycles. The lowest BCUT2D eigenvalue weighted by Gasteiger charge is -2.20. The minimum atomic E-state index is 0.348. The molecule has 1 aliphatic carbocycles. The molecular formula is C42H28S2. The molecule has 0 spiro atoms. The fourth-order valence-electron chi connectivity index (χ4n) is 6.85. The zero-order valence-corrected chi connectivity index (χ0v) is 25.6. The van der Waals surface area contributed by atoms with Crippen LogP contribution in [0.2, 0.25) is 0 Å². The minimum Gasteiger partial charge on any atom is -0.134 e. The molecule has 44 heavy (non-hydrogen) atoms. The number of fused-ring (bicyclic) bond motifs is 7. The molecule has 2 unspecified atom stereocenters. The SMILES string of the molecule is C1=CC2Sc3c(cc(-c4cccc(-c5ccccc5)c4)c4c3sc3ccc(-c5ccccc5)cc34)C2C=C1c1ccccc1. The molecule has 2 atom stereocenters. The van der Waals surface area contributed by atoms with Gasteiger partial charge in [-0.05, 0) is 74.3 Å². The summed E-state index contributed by atoms with van der Waals surface area (Å²) in [6.07, 6.45) is 7.27. The zero-order valence-electron chi connectivity index (χ0n) is 24.0. The molecule has 0 fully saturated rings. The Morgan fingerprint density at radius 1 is 0.523 bits per heavy atom. The predicted molar refractivity (Wildman–Crippen MR) is 192 cm³/mol. The van der Waals surface area contributed by atoms with Gasteiger partial charge in [0.2, 0.25) is 0 Å². The van der Waals surface area contributed by atoms with Crippen molar-refractivity contribution in [1.82, 2.24) is 0 Å². The van der Waals surface area contributed by atoms with Crippen LogP contribution < -0.4 is 0 Å². The highest BCUT2D eigenvalue weighted by molar-refractivity contribution is 8.00. The second kappa shape index (κ2) is 10.5. The van der Waals surface area contributed by atoms with E-state index in [9.17, 15) is 0 Å². The van der Waals surface area contributed by atoms with E-state index in [-0.39, 0.29) is 0 Å². The molecule has 9 rings (SSSR count). The van der Waals surface area contributed by atoms with Gasteiger partial charge in [0.25, 0.3) is 0 Å². The van der Waals surface area contributed by atoms with Crippen molar-refractivity contribution in [2.24, 2.45) is 0 Å². The van der Waals surface area contributed by atoms with Crippen molar-refractivity contribution in [1.29, 1.82) is 0 Å². The average Bonchev–Trinajstić information content (AvgIpc) is 3.67. The van der Waals surface area contributed by atoms with Gasteiger partial charge in [0.15, 0.2) is 0 Å². The Kier molecular flexibility index (Phi) is 6.18. The molecular weight excluding hydrogens is 569 g/mol. The number of thiophene rings is 1. The zero-order chi connectivity index (χ0) is 29.0. The largest absolute Gasteiger partial charge is 0.134 e. The lowest BCUT2D eigenvalue weighted by molar-refractivity contribution is 0.887. The van der Waals surface area contributed by atoms with Gasteiger partial charge in [0.05, 0.1) is 4.70 Å². The molecule has 0 saturated carbocycles. The molecule has 2 aliphatic rings. The Bertz CT molecular complexity index is 2240. The van der Waals surface area contributed by atoms with Gasteiger partial charge in [-0.1, -0.05) is 133 Å². The monoisotopic (exact) mass is 596 g/mol. The molecule has 2 heteroatoms. The summed E-state index contributed by atoms with van der Waals surface area (Å²) in [7, 11) is 0. The Hall–Kier alpha value is -4.63. The summed E-state index contributed by atoms with van der Waals surface area (Å²) in [5.41, 5.74) is 11.7. The van der Waals surface area contributed by atoms with Gasteiger partial charge < -0.3 is 0 Å². The van der Waals surface area contributed by atoms with E-state index in [1.807, 2.05) is 23.1 Å². The standard InChI is InChI=1S/C42H28S2/c1-4-11-27(12-5-1)30-17-10-18-33(23-30)34-26-36-35-24-31(28-13-6-2-7-14-28)19-21-38(35)43-41(36)42-40(34)37-25-32(20-22-39(37)44-42)29-15-8-3-9-16-29/h1-26,35,38H. The molecule has 0 amide bonds. The van der Waals surface area contributed by atoms with Crippen molar-refractivity contribution < 1.29 is 0 Å². The summed E-state index contributed by atoms with van der Waals surface area (Å²) in [6, 6.07) is 51.0. The third-order valence-electron chi connectivity index (χ3n) is 9.01. The maximum atomic E-state index is 2.53. The molecule has 1 aliphatic heterocycles. The van der Waals surface area contributed by atoms with Gasteiger partial charge in [-0.2, -0.15) is 0 Å². The van der Waals surface area contributed by atoms with Crippen LogP contribution in [0.5, 0.6) is 0 Å². The normalized spacial score (nSPS) is 17.0. The molecule has 0 bridgehead atoms. The van der Waals surface area contributed by atoms with E-state index in [0.29, 0.717) is 11.2 Å². The lowest BCUT2D eigenvalue weighted by atomic mass is 9.85. The summed E-state index contributed by atoms with van der Waals surface area (Å²) in [5.74, 6) is 0.348. The van der Waals surface area contributed by atoms with E-state index in [1.54, 1.807) is 0 Å². The van der Waals surface area contributed by atoms with Crippen molar-refractivity contribution >= 4 is 48.8 Å². The molecule has 0 N–H and O–H groups in total. The summed E-state index contributed by atoms with van der Waals surface area (Å²) in [4.78, 5) is 1.45. The first-order chi connectivity index (χ1) is 21.8. The van der Waals surface area contributed by atoms with Gasteiger partial charge >= 0.3 is 0 Å². The summed E-state index contributed by atoms with van der Waals surface area (Å²) >= 11 is 4.00. The van der Waals surface area contributed by atoms with Gasteiger partial charge in [0.1, 0.15) is 0 Å². The van der Waals surface area contributed by atoms with Crippen LogP contribution in [-0.2, 0) is 0 Å². The second-order valence-electron chi connectivity index (χ2n) is 11.6. The molecule has 0 saturated heterocycles. The number of hydrogen-bond donors (Lipinski definition) is 0. The van der Waals surface area contributed by atoms with E-state index in [0.717, 1.165) is 0 Å². The lowest BCUT2D eigenvalue weighted by Crippen LogP contribution is -2.09. The third kappa shape index (κ3) is 4.29. The van der Waals surface area contributed by atoms with Crippen LogP contribution in [-0.4, -0.2) is 5.25 Å². The molecule has 7 aromatic rings. The molecule has 0 nitrogen and oxygen atoms in total. The Labute approximate surface area is 266 Å². The summed E-state index contributed by atoms with van der Waals surface area (Å²) in [6.45, 7) is 0. The van der Waals surface area contributed by atoms with Gasteiger partial charge in [-0.25, -0.2) is 0 Å². The van der Waals surface area contributed by atoms with Crippen LogP contribution in [0.25, 0.3) is 59.1 Å². The third-order valence-corrected chi connectivity index (χ3v) is 11.7. The van der Waals surface area contributed by atoms with Crippen LogP contribution in [0.3, 0.4) is 0 Å². The van der Waals surface area contributed by atoms with Crippen LogP contribution >= 0.6 is 23.1 Å². The first-order valence-corrected chi connectivity index (χ1v) is 16.9. The maximum absolute atomic E-state index is 2.53. The van der Waals surface area contributed by atoms with Crippen LogP contribution in [0.15, 0.2) is 163 Å². The number of rotatable bonds is 4. The predicted octanol–water partition coefficient (Wildman–Crippen LogP) is 12.3. The van der Waals surface area contributed by atoms with E-state index in [2.05, 4.69) is 158 Å². The summed E-state index contributed by atoms with van der Waals surface area (Å²) in [5, 5.41) is 3.14. The molecule has 208 valence electrons. The Morgan fingerprint density at radius 2 is 1.16 bits per heavy atom. The Morgan fingerprint density at radius 3 is 1.89 bits per heavy atom. The van der Waals surface area contributed by atoms with Gasteiger partial charge in [0, 0.05) is 31.5 Å². The van der Waals surface area contributed by atoms with Crippen molar-refractivity contribution in [3.63, 3.8) is 0 Å². The first-order valence-electron chi connectivity index (χ1n) is 15.2. The van der Waals surface area contributed by atoms with Gasteiger partial charge in [-0.15, -0.1) is 23.1 Å². The van der Waals surface area contributed by atoms with E-state index < -0.39 is 0 Å². The number of allylic oxidation sites excluding steroid dienone is 3. The number of hydrogen-bond acceptors (Lipinski definition) is 2. The van der Waals surface area contributed by atoms with E-state index in [1.165, 1.54) is 75.1 Å². The minimum absolute atomic E-state index is 0.348. The quantitative estimate of drug-likeness (QED) is 0.195. The summed E-state index contributed by atoms with van der Waals surface area (Å²) < 4.78 is 2.77. The first kappa shape index (κ1) is 25.8. The molecule has 2 heterocycles. The highest BCUT2D eigenvalue weighted by Gasteiger charge is 2.35. The average molecular weight is 597 g/mol. The van der Waals surface area contributed by atoms with Crippen LogP contribution in [0, 0.1) is 0 Å². The van der Waals surface area contributed by atoms with Crippen molar-refractivity contribution in [3.8, 4) is 33.4 Å². The Balaban J connectivity index is 1.29. The van der Waals surface area contributed by atoms with E-state index >= 15 is 0 Å². The van der Waals surface area contributed by atoms with Crippen molar-refractivity contribution in [3.05, 3.63) is 169 Å². The highest BCUT2D eigenvalue weighted by Crippen LogP contribution is 2.56.